The topological polar surface area (TPSA) is 642 Å². The van der Waals surface area contributed by atoms with Crippen LogP contribution in [0.25, 0.3) is 11.0 Å². The molecule has 5 saturated heterocycles. The van der Waals surface area contributed by atoms with Gasteiger partial charge in [0.2, 0.25) is 38.2 Å². The standard InChI is InChI=1S/C21H24O9S.C21H22O8S.C20H22O9S.C20H24O8S.C17H20O7S2/c22-10-16-17(24)18(25)19(26)21(30-16)29-14-5-8-31-20(14)12(23)3-1-11-2-4-13-15(9-11)28-7-6-27-13;22-10-16-17(24)18(25)19(26)21(29-16)28-15-6-8-30-20(15)13(23)3-1-11-2-4-14-12(9-11)5-7-27-14;21-8-15-16(23)17(24)18(25)20(29-15)28-13-5-6-30-19(13)11(22)3-1-10-2-4-12-14(7-10)27-9-26-12;1-26-12-5-2-11(3-6-12)4-7-13(22)19-14(8-9-29-19)27-20-18(25)17(24)16(23)15(10-21)28-20;18-7-12-13(20)14(21)15(22)17(24-12)23-11-4-6-26-16(11)10(19)2-1-9-3-5-25-8-9/h2,4-5,8-9,16-19,21-22,24-26H,1,3,6-7,10H2;2,4-9,16-19,21-22,24-26H,1,3,10H2;2,4-7,15-18,20-21,23-25H,1,3,8-9H2;2-3,5-6,8-9,15-18,20-21,23-25H,4,7,10H2,1H3;3-6,8,12-15,17-18,20-22H,1-2,7H2. The van der Waals surface area contributed by atoms with Crippen LogP contribution < -0.4 is 47.4 Å². The van der Waals surface area contributed by atoms with Crippen LogP contribution >= 0.6 is 68.0 Å². The fourth-order valence-electron chi connectivity index (χ4n) is 16.0. The van der Waals surface area contributed by atoms with Crippen LogP contribution in [0.4, 0.5) is 0 Å². The van der Waals surface area contributed by atoms with Gasteiger partial charge in [0, 0.05) is 37.5 Å². The van der Waals surface area contributed by atoms with Gasteiger partial charge in [0.15, 0.2) is 51.9 Å². The zero-order valence-corrected chi connectivity index (χ0v) is 82.7. The zero-order valence-electron chi connectivity index (χ0n) is 77.8. The summed E-state index contributed by atoms with van der Waals surface area (Å²) in [7, 11) is 1.59. The highest BCUT2D eigenvalue weighted by Gasteiger charge is 2.51. The van der Waals surface area contributed by atoms with Gasteiger partial charge in [0.1, 0.15) is 200 Å². The van der Waals surface area contributed by atoms with Gasteiger partial charge in [-0.1, -0.05) is 30.3 Å². The van der Waals surface area contributed by atoms with Gasteiger partial charge in [0.25, 0.3) is 0 Å². The summed E-state index contributed by atoms with van der Waals surface area (Å²) < 4.78 is 86.9. The molecular weight excluding hydrogens is 2040 g/mol. The van der Waals surface area contributed by atoms with E-state index in [1.54, 1.807) is 88.0 Å². The number of hydrogen-bond donors (Lipinski definition) is 20. The van der Waals surface area contributed by atoms with Crippen molar-refractivity contribution in [1.82, 2.24) is 0 Å². The van der Waals surface area contributed by atoms with Crippen molar-refractivity contribution in [1.29, 1.82) is 0 Å². The maximum Gasteiger partial charge on any atom is 0.231 e. The molecule has 47 heteroatoms. The van der Waals surface area contributed by atoms with E-state index >= 15 is 0 Å². The third kappa shape index (κ3) is 27.8. The lowest BCUT2D eigenvalue weighted by molar-refractivity contribution is -0.277. The van der Waals surface area contributed by atoms with Crippen LogP contribution in [0, 0.1) is 0 Å². The van der Waals surface area contributed by atoms with E-state index in [0.29, 0.717) is 99.1 Å². The molecule has 7 aliphatic heterocycles. The van der Waals surface area contributed by atoms with Gasteiger partial charge in [-0.2, -0.15) is 11.3 Å². The predicted molar refractivity (Wildman–Crippen MR) is 520 cm³/mol. The first-order valence-corrected chi connectivity index (χ1v) is 51.5. The number of thiophene rings is 6. The molecule has 41 nitrogen and oxygen atoms in total. The zero-order chi connectivity index (χ0) is 104. The molecule has 0 saturated carbocycles. The number of aliphatic hydroxyl groups excluding tert-OH is 20. The Labute approximate surface area is 857 Å². The molecule has 18 rings (SSSR count). The van der Waals surface area contributed by atoms with Gasteiger partial charge < -0.3 is 178 Å². The minimum atomic E-state index is -1.55. The fraction of sp³-hybridized carbons (Fsp3) is 0.444. The van der Waals surface area contributed by atoms with Crippen molar-refractivity contribution in [3.05, 3.63) is 217 Å². The Morgan fingerprint density at radius 1 is 0.301 bits per heavy atom. The maximum absolute atomic E-state index is 12.8. The van der Waals surface area contributed by atoms with Crippen LogP contribution in [0.5, 0.6) is 57.5 Å². The van der Waals surface area contributed by atoms with Gasteiger partial charge in [-0.05, 0) is 189 Å². The number of rotatable bonds is 36. The van der Waals surface area contributed by atoms with Gasteiger partial charge in [-0.15, -0.1) is 56.7 Å². The summed E-state index contributed by atoms with van der Waals surface area (Å²) in [5.41, 5.74) is 5.75. The molecule has 25 atom stereocenters. The summed E-state index contributed by atoms with van der Waals surface area (Å²) in [6.07, 6.45) is -29.1. The molecule has 25 unspecified atom stereocenters. The van der Waals surface area contributed by atoms with Crippen LogP contribution in [0.3, 0.4) is 0 Å². The predicted octanol–water partition coefficient (Wildman–Crippen LogP) is 4.03. The molecule has 146 heavy (non-hydrogen) atoms. The number of fused-ring (bicyclic) bond motifs is 3. The first-order valence-electron chi connectivity index (χ1n) is 46.1. The van der Waals surface area contributed by atoms with Crippen molar-refractivity contribution >= 4 is 108 Å². The number of hydrogen-bond acceptors (Lipinski definition) is 47. The lowest BCUT2D eigenvalue weighted by atomic mass is 9.99. The third-order valence-electron chi connectivity index (χ3n) is 24.4. The van der Waals surface area contributed by atoms with Crippen molar-refractivity contribution in [2.75, 3.05) is 60.2 Å². The molecule has 0 spiro atoms. The minimum absolute atomic E-state index is 0.0919. The number of Topliss-reactive ketones (excluding diaryl/α,β-unsaturated/α-hetero) is 5. The molecule has 0 bridgehead atoms. The van der Waals surface area contributed by atoms with Gasteiger partial charge in [0.05, 0.1) is 46.4 Å². The average Bonchev–Trinajstić information content (AvgIpc) is 1.18. The number of furan rings is 1. The molecule has 7 aliphatic rings. The van der Waals surface area contributed by atoms with Crippen LogP contribution in [0.2, 0.25) is 0 Å². The second kappa shape index (κ2) is 52.9. The Kier molecular flexibility index (Phi) is 40.4. The SMILES string of the molecule is COc1ccc(CCC(=O)c2sccc2OC2OC(CO)C(O)C(O)C2O)cc1.O=C(CCc1ccc2c(c1)OCCO2)c1sccc1OC1OC(CO)C(O)C(O)C1O.O=C(CCc1ccc2c(c1)OCO2)c1sccc1OC1OC(CO)C(O)C(O)C1O.O=C(CCc1ccc2occc2c1)c1sccc1OC1OC(CO)C(O)C(O)C1O.O=C(CCc1ccsc1)c1sccc1OC1OC(CO)C(O)C(O)C1O. The summed E-state index contributed by atoms with van der Waals surface area (Å²) in [6, 6.07) is 36.0. The van der Waals surface area contributed by atoms with Crippen molar-refractivity contribution in [3.63, 3.8) is 0 Å². The summed E-state index contributed by atoms with van der Waals surface area (Å²) in [5, 5.41) is 209. The number of benzene rings is 4. The van der Waals surface area contributed by atoms with E-state index in [2.05, 4.69) is 0 Å². The quantitative estimate of drug-likeness (QED) is 0.0246. The minimum Gasteiger partial charge on any atom is -0.497 e. The van der Waals surface area contributed by atoms with Gasteiger partial charge in [-0.3, -0.25) is 24.0 Å². The second-order valence-corrected chi connectivity index (χ2v) is 39.6. The van der Waals surface area contributed by atoms with E-state index in [9.17, 15) is 126 Å². The number of aryl methyl sites for hydroxylation is 5. The number of ketones is 5. The van der Waals surface area contributed by atoms with E-state index < -0.39 is 187 Å². The smallest absolute Gasteiger partial charge is 0.231 e. The summed E-state index contributed by atoms with van der Waals surface area (Å²) in [4.78, 5) is 65.3. The van der Waals surface area contributed by atoms with Crippen LogP contribution in [0.15, 0.2) is 170 Å². The fourth-order valence-corrected chi connectivity index (χ4v) is 20.7. The lowest BCUT2D eigenvalue weighted by Crippen LogP contribution is -2.60. The normalized spacial score (nSPS) is 27.6. The van der Waals surface area contributed by atoms with E-state index in [-0.39, 0.29) is 90.1 Å². The van der Waals surface area contributed by atoms with Crippen LogP contribution in [-0.2, 0) is 55.8 Å². The molecule has 790 valence electrons. The Bertz CT molecular complexity index is 5990. The molecule has 20 N–H and O–H groups in total. The van der Waals surface area contributed by atoms with E-state index in [1.807, 2.05) is 95.7 Å². The van der Waals surface area contributed by atoms with Crippen molar-refractivity contribution in [2.24, 2.45) is 0 Å². The van der Waals surface area contributed by atoms with E-state index in [0.717, 1.165) is 44.5 Å². The number of carbonyl (C=O) groups excluding carboxylic acids is 5. The highest BCUT2D eigenvalue weighted by molar-refractivity contribution is 7.14. The largest absolute Gasteiger partial charge is 0.497 e. The molecule has 4 aromatic carbocycles. The van der Waals surface area contributed by atoms with E-state index in [1.165, 1.54) is 56.7 Å². The van der Waals surface area contributed by atoms with Gasteiger partial charge in [-0.25, -0.2) is 0 Å². The Balaban J connectivity index is 0.000000144. The first kappa shape index (κ1) is 112. The summed E-state index contributed by atoms with van der Waals surface area (Å²) in [6.45, 7) is -1.58. The highest BCUT2D eigenvalue weighted by Crippen LogP contribution is 2.41. The monoisotopic (exact) mass is 2150 g/mol. The molecular formula is C99H112O41S6. The lowest BCUT2D eigenvalue weighted by Gasteiger charge is -2.39. The van der Waals surface area contributed by atoms with Crippen molar-refractivity contribution in [2.45, 2.75) is 218 Å². The molecule has 14 heterocycles. The Morgan fingerprint density at radius 3 is 0.911 bits per heavy atom. The molecule has 0 amide bonds. The second-order valence-electron chi connectivity index (χ2n) is 34.2. The average molecular weight is 2150 g/mol. The third-order valence-corrected chi connectivity index (χ3v) is 29.8. The first-order chi connectivity index (χ1) is 70.4. The molecule has 7 aromatic heterocycles. The van der Waals surface area contributed by atoms with Crippen LogP contribution in [-0.4, -0.2) is 345 Å². The van der Waals surface area contributed by atoms with Crippen molar-refractivity contribution in [3.8, 4) is 57.5 Å². The number of carbonyl (C=O) groups is 5. The molecule has 5 fully saturated rings. The molecule has 0 radical (unpaired) electrons. The summed E-state index contributed by atoms with van der Waals surface area (Å²) in [5.74, 6) is 3.89. The van der Waals surface area contributed by atoms with E-state index in [4.69, 9.17) is 75.5 Å². The molecule has 0 aliphatic carbocycles. The number of aliphatic hydroxyl groups is 20. The number of ether oxygens (including phenoxy) is 15. The summed E-state index contributed by atoms with van der Waals surface area (Å²) >= 11 is 7.60. The number of methoxy groups -OCH3 is 1. The Hall–Kier alpha value is -10.0. The molecule has 11 aromatic rings. The highest BCUT2D eigenvalue weighted by atomic mass is 32.1. The van der Waals surface area contributed by atoms with Crippen molar-refractivity contribution < 1.29 is 202 Å². The van der Waals surface area contributed by atoms with Gasteiger partial charge >= 0.3 is 0 Å². The maximum atomic E-state index is 12.8. The van der Waals surface area contributed by atoms with Crippen LogP contribution in [0.1, 0.15) is 108 Å². The Morgan fingerprint density at radius 2 is 0.589 bits per heavy atom.